The number of piperidine rings is 1. The molecule has 0 aliphatic carbocycles. The van der Waals surface area contributed by atoms with E-state index in [4.69, 9.17) is 0 Å². The van der Waals surface area contributed by atoms with E-state index in [1.54, 1.807) is 17.3 Å². The van der Waals surface area contributed by atoms with Gasteiger partial charge in [0.25, 0.3) is 0 Å². The zero-order valence-corrected chi connectivity index (χ0v) is 16.0. The van der Waals surface area contributed by atoms with E-state index in [0.717, 1.165) is 35.6 Å². The molecule has 1 aliphatic heterocycles. The first-order chi connectivity index (χ1) is 14.2. The molecular formula is C22H23N5O2. The number of likely N-dealkylation sites (tertiary alicyclic amines) is 1. The number of amides is 3. The topological polar surface area (TPSA) is 90.1 Å². The van der Waals surface area contributed by atoms with Crippen molar-refractivity contribution in [2.24, 2.45) is 5.92 Å². The summed E-state index contributed by atoms with van der Waals surface area (Å²) in [6.45, 7) is 1.06. The number of hydrogen-bond acceptors (Lipinski definition) is 3. The highest BCUT2D eigenvalue weighted by atomic mass is 16.2. The zero-order valence-electron chi connectivity index (χ0n) is 16.0. The van der Waals surface area contributed by atoms with Crippen LogP contribution in [0.15, 0.2) is 67.0 Å². The maximum atomic E-state index is 12.7. The molecule has 148 valence electrons. The van der Waals surface area contributed by atoms with Gasteiger partial charge in [-0.05, 0) is 49.2 Å². The first-order valence-corrected chi connectivity index (χ1v) is 9.71. The number of anilines is 2. The number of nitrogens with zero attached hydrogens (tertiary/aromatic N) is 2. The highest BCUT2D eigenvalue weighted by Crippen LogP contribution is 2.22. The summed E-state index contributed by atoms with van der Waals surface area (Å²) in [7, 11) is 0. The summed E-state index contributed by atoms with van der Waals surface area (Å²) in [5, 5.41) is 5.85. The second-order valence-corrected chi connectivity index (χ2v) is 7.09. The van der Waals surface area contributed by atoms with Gasteiger partial charge in [-0.3, -0.25) is 4.79 Å². The lowest BCUT2D eigenvalue weighted by molar-refractivity contribution is -0.121. The van der Waals surface area contributed by atoms with Crippen molar-refractivity contribution in [3.63, 3.8) is 0 Å². The molecule has 1 unspecified atom stereocenters. The molecule has 3 aromatic rings. The Labute approximate surface area is 169 Å². The van der Waals surface area contributed by atoms with Crippen LogP contribution in [0.1, 0.15) is 12.8 Å². The fourth-order valence-corrected chi connectivity index (χ4v) is 3.48. The summed E-state index contributed by atoms with van der Waals surface area (Å²) in [4.78, 5) is 34.2. The van der Waals surface area contributed by atoms with Crippen LogP contribution in [0.2, 0.25) is 0 Å². The summed E-state index contributed by atoms with van der Waals surface area (Å²) in [5.41, 5.74) is 2.44. The predicted octanol–water partition coefficient (Wildman–Crippen LogP) is 3.96. The number of aromatic amines is 1. The Bertz CT molecular complexity index is 955. The molecule has 2 aromatic carbocycles. The molecule has 2 heterocycles. The maximum Gasteiger partial charge on any atom is 0.321 e. The molecule has 3 N–H and O–H groups in total. The van der Waals surface area contributed by atoms with E-state index in [2.05, 4.69) is 20.6 Å². The highest BCUT2D eigenvalue weighted by molar-refractivity contribution is 5.94. The average Bonchev–Trinajstić information content (AvgIpc) is 3.30. The zero-order chi connectivity index (χ0) is 20.1. The van der Waals surface area contributed by atoms with E-state index in [-0.39, 0.29) is 17.9 Å². The molecule has 1 aromatic heterocycles. The molecule has 0 saturated carbocycles. The second kappa shape index (κ2) is 8.60. The first kappa shape index (κ1) is 18.7. The van der Waals surface area contributed by atoms with Crippen LogP contribution in [-0.4, -0.2) is 39.9 Å². The van der Waals surface area contributed by atoms with Gasteiger partial charge in [-0.15, -0.1) is 0 Å². The lowest BCUT2D eigenvalue weighted by atomic mass is 9.97. The molecule has 1 fully saturated rings. The molecular weight excluding hydrogens is 366 g/mol. The number of rotatable bonds is 4. The molecule has 1 aliphatic rings. The average molecular weight is 389 g/mol. The van der Waals surface area contributed by atoms with Crippen molar-refractivity contribution in [3.8, 4) is 11.4 Å². The van der Waals surface area contributed by atoms with Crippen molar-refractivity contribution in [3.05, 3.63) is 67.0 Å². The van der Waals surface area contributed by atoms with E-state index in [1.165, 1.54) is 0 Å². The molecule has 7 heteroatoms. The van der Waals surface area contributed by atoms with Crippen molar-refractivity contribution in [2.75, 3.05) is 23.7 Å². The summed E-state index contributed by atoms with van der Waals surface area (Å²) < 4.78 is 0. The van der Waals surface area contributed by atoms with E-state index in [9.17, 15) is 9.59 Å². The molecule has 29 heavy (non-hydrogen) atoms. The Kier molecular flexibility index (Phi) is 5.56. The third-order valence-electron chi connectivity index (χ3n) is 5.03. The van der Waals surface area contributed by atoms with Crippen LogP contribution in [0.3, 0.4) is 0 Å². The van der Waals surface area contributed by atoms with E-state index in [1.807, 2.05) is 54.6 Å². The number of hydrogen-bond donors (Lipinski definition) is 3. The van der Waals surface area contributed by atoms with Crippen LogP contribution < -0.4 is 10.6 Å². The first-order valence-electron chi connectivity index (χ1n) is 9.71. The number of H-pyrrole nitrogens is 1. The maximum absolute atomic E-state index is 12.7. The molecule has 1 atom stereocenters. The Morgan fingerprint density at radius 2 is 1.76 bits per heavy atom. The SMILES string of the molecule is O=C(Nc1ccc(-c2ncc[nH]2)cc1)C1CCCN(C(=O)Nc2ccccc2)C1. The number of para-hydroxylation sites is 1. The van der Waals surface area contributed by atoms with Crippen LogP contribution in [0.4, 0.5) is 16.2 Å². The summed E-state index contributed by atoms with van der Waals surface area (Å²) in [5.74, 6) is 0.498. The lowest BCUT2D eigenvalue weighted by Gasteiger charge is -2.32. The van der Waals surface area contributed by atoms with Crippen LogP contribution in [0.5, 0.6) is 0 Å². The minimum atomic E-state index is -0.227. The van der Waals surface area contributed by atoms with Crippen LogP contribution >= 0.6 is 0 Å². The Morgan fingerprint density at radius 1 is 1.00 bits per heavy atom. The van der Waals surface area contributed by atoms with Crippen LogP contribution in [0, 0.1) is 5.92 Å². The third-order valence-corrected chi connectivity index (χ3v) is 5.03. The number of nitrogens with one attached hydrogen (secondary N) is 3. The van der Waals surface area contributed by atoms with Gasteiger partial charge in [0.05, 0.1) is 5.92 Å². The quantitative estimate of drug-likeness (QED) is 0.631. The van der Waals surface area contributed by atoms with Gasteiger partial charge >= 0.3 is 6.03 Å². The monoisotopic (exact) mass is 389 g/mol. The third kappa shape index (κ3) is 4.63. The van der Waals surface area contributed by atoms with Gasteiger partial charge in [0, 0.05) is 42.4 Å². The van der Waals surface area contributed by atoms with Crippen molar-refractivity contribution in [1.82, 2.24) is 14.9 Å². The normalized spacial score (nSPS) is 16.3. The molecule has 0 spiro atoms. The predicted molar refractivity (Wildman–Crippen MR) is 112 cm³/mol. The van der Waals surface area contributed by atoms with Gasteiger partial charge in [-0.25, -0.2) is 9.78 Å². The number of urea groups is 1. The van der Waals surface area contributed by atoms with Crippen LogP contribution in [-0.2, 0) is 4.79 Å². The largest absolute Gasteiger partial charge is 0.345 e. The van der Waals surface area contributed by atoms with Gasteiger partial charge in [0.2, 0.25) is 5.91 Å². The highest BCUT2D eigenvalue weighted by Gasteiger charge is 2.28. The van der Waals surface area contributed by atoms with Crippen molar-refractivity contribution in [1.29, 1.82) is 0 Å². The van der Waals surface area contributed by atoms with Crippen molar-refractivity contribution in [2.45, 2.75) is 12.8 Å². The minimum absolute atomic E-state index is 0.0621. The summed E-state index contributed by atoms with van der Waals surface area (Å²) in [6.07, 6.45) is 5.05. The molecule has 4 rings (SSSR count). The molecule has 3 amide bonds. The van der Waals surface area contributed by atoms with Crippen LogP contribution in [0.25, 0.3) is 11.4 Å². The van der Waals surface area contributed by atoms with Gasteiger partial charge in [-0.2, -0.15) is 0 Å². The van der Waals surface area contributed by atoms with E-state index in [0.29, 0.717) is 13.1 Å². The Balaban J connectivity index is 1.34. The van der Waals surface area contributed by atoms with Gasteiger partial charge < -0.3 is 20.5 Å². The number of carbonyl (C=O) groups is 2. The number of imidazole rings is 1. The summed E-state index contributed by atoms with van der Waals surface area (Å²) >= 11 is 0. The van der Waals surface area contributed by atoms with E-state index >= 15 is 0 Å². The number of benzene rings is 2. The van der Waals surface area contributed by atoms with Crippen molar-refractivity contribution >= 4 is 23.3 Å². The van der Waals surface area contributed by atoms with Gasteiger partial charge in [0.15, 0.2) is 0 Å². The minimum Gasteiger partial charge on any atom is -0.345 e. The van der Waals surface area contributed by atoms with Gasteiger partial charge in [-0.1, -0.05) is 18.2 Å². The summed E-state index contributed by atoms with van der Waals surface area (Å²) in [6, 6.07) is 16.7. The Morgan fingerprint density at radius 3 is 2.48 bits per heavy atom. The van der Waals surface area contributed by atoms with Gasteiger partial charge in [0.1, 0.15) is 5.82 Å². The molecule has 0 radical (unpaired) electrons. The standard InChI is InChI=1S/C22H23N5O2/c28-21(25-19-10-8-16(9-11-19)20-23-12-13-24-20)17-5-4-14-27(15-17)22(29)26-18-6-2-1-3-7-18/h1-3,6-13,17H,4-5,14-15H2,(H,23,24)(H,25,28)(H,26,29). The fourth-order valence-electron chi connectivity index (χ4n) is 3.48. The second-order valence-electron chi connectivity index (χ2n) is 7.09. The lowest BCUT2D eigenvalue weighted by Crippen LogP contribution is -2.45. The van der Waals surface area contributed by atoms with E-state index < -0.39 is 0 Å². The number of aromatic nitrogens is 2. The molecule has 1 saturated heterocycles. The van der Waals surface area contributed by atoms with Crippen molar-refractivity contribution < 1.29 is 9.59 Å². The Hall–Kier alpha value is -3.61. The number of carbonyl (C=O) groups excluding carboxylic acids is 2. The smallest absolute Gasteiger partial charge is 0.321 e. The fraction of sp³-hybridized carbons (Fsp3) is 0.227. The molecule has 7 nitrogen and oxygen atoms in total. The molecule has 0 bridgehead atoms.